The van der Waals surface area contributed by atoms with Crippen molar-refractivity contribution in [2.24, 2.45) is 0 Å². The molecule has 8 nitrogen and oxygen atoms in total. The number of nitrogens with one attached hydrogen (secondary N) is 2. The molecule has 0 spiro atoms. The van der Waals surface area contributed by atoms with Crippen LogP contribution >= 0.6 is 0 Å². The topological polar surface area (TPSA) is 95.9 Å². The molecule has 2 aromatic heterocycles. The van der Waals surface area contributed by atoms with Gasteiger partial charge >= 0.3 is 0 Å². The van der Waals surface area contributed by atoms with Crippen molar-refractivity contribution in [2.75, 3.05) is 25.0 Å². The monoisotopic (exact) mass is 352 g/mol. The Morgan fingerprint density at radius 3 is 2.69 bits per heavy atom. The fraction of sp³-hybridized carbons (Fsp3) is 0.222. The fourth-order valence-electron chi connectivity index (χ4n) is 2.56. The molecule has 0 aliphatic rings. The van der Waals surface area contributed by atoms with Crippen LogP contribution in [0.4, 0.5) is 5.69 Å². The number of likely N-dealkylation sites (N-methyl/N-ethyl adjacent to an activating group) is 1. The van der Waals surface area contributed by atoms with Gasteiger partial charge in [-0.2, -0.15) is 10.2 Å². The Morgan fingerprint density at radius 1 is 1.23 bits per heavy atom. The molecule has 8 heteroatoms. The van der Waals surface area contributed by atoms with Gasteiger partial charge in [0.2, 0.25) is 0 Å². The van der Waals surface area contributed by atoms with Crippen molar-refractivity contribution in [2.45, 2.75) is 6.92 Å². The molecule has 0 saturated carbocycles. The molecule has 0 bridgehead atoms. The van der Waals surface area contributed by atoms with E-state index in [2.05, 4.69) is 25.5 Å². The molecule has 0 radical (unpaired) electrons. The van der Waals surface area contributed by atoms with E-state index in [0.29, 0.717) is 30.2 Å². The van der Waals surface area contributed by atoms with Gasteiger partial charge in [0.15, 0.2) is 5.82 Å². The number of aromatic nitrogens is 4. The van der Waals surface area contributed by atoms with Gasteiger partial charge in [-0.05, 0) is 25.1 Å². The third-order valence-corrected chi connectivity index (χ3v) is 4.07. The van der Waals surface area contributed by atoms with Crippen molar-refractivity contribution in [1.29, 1.82) is 0 Å². The molecule has 0 aliphatic carbocycles. The van der Waals surface area contributed by atoms with Crippen molar-refractivity contribution in [3.8, 4) is 5.82 Å². The number of amides is 1. The smallest absolute Gasteiger partial charge is 0.264 e. The molecule has 3 aromatic rings. The Labute approximate surface area is 150 Å². The highest BCUT2D eigenvalue weighted by Crippen LogP contribution is 2.12. The zero-order chi connectivity index (χ0) is 18.5. The first-order valence-electron chi connectivity index (χ1n) is 8.21. The van der Waals surface area contributed by atoms with Crippen LogP contribution in [0.2, 0.25) is 0 Å². The number of hydrogen-bond donors (Lipinski definition) is 2. The second-order valence-corrected chi connectivity index (χ2v) is 5.85. The number of anilines is 1. The predicted molar refractivity (Wildman–Crippen MR) is 98.8 cm³/mol. The Hall–Kier alpha value is -3.42. The molecular formula is C18H20N6O2. The van der Waals surface area contributed by atoms with Gasteiger partial charge in [-0.25, -0.2) is 9.78 Å². The first-order valence-corrected chi connectivity index (χ1v) is 8.21. The third-order valence-electron chi connectivity index (χ3n) is 4.07. The van der Waals surface area contributed by atoms with Crippen LogP contribution in [0, 0.1) is 6.92 Å². The summed E-state index contributed by atoms with van der Waals surface area (Å²) in [5.41, 5.74) is 1.92. The quantitative estimate of drug-likeness (QED) is 0.693. The normalized spacial score (nSPS) is 10.5. The highest BCUT2D eigenvalue weighted by Gasteiger charge is 2.15. The lowest BCUT2D eigenvalue weighted by Crippen LogP contribution is -2.33. The van der Waals surface area contributed by atoms with Crippen LogP contribution in [0.1, 0.15) is 16.1 Å². The van der Waals surface area contributed by atoms with Crippen LogP contribution in [-0.4, -0.2) is 46.0 Å². The molecule has 26 heavy (non-hydrogen) atoms. The zero-order valence-corrected chi connectivity index (χ0v) is 14.6. The van der Waals surface area contributed by atoms with E-state index >= 15 is 0 Å². The van der Waals surface area contributed by atoms with Crippen LogP contribution in [0.25, 0.3) is 5.82 Å². The summed E-state index contributed by atoms with van der Waals surface area (Å²) in [6.07, 6.45) is 1.50. The number of benzene rings is 1. The van der Waals surface area contributed by atoms with E-state index in [9.17, 15) is 9.59 Å². The van der Waals surface area contributed by atoms with E-state index < -0.39 is 0 Å². The number of para-hydroxylation sites is 1. The number of aromatic amines is 1. The summed E-state index contributed by atoms with van der Waals surface area (Å²) in [5, 5.41) is 13.4. The summed E-state index contributed by atoms with van der Waals surface area (Å²) < 4.78 is 1.51. The number of nitrogens with zero attached hydrogens (tertiary/aromatic N) is 4. The van der Waals surface area contributed by atoms with E-state index in [1.54, 1.807) is 13.0 Å². The fourth-order valence-corrected chi connectivity index (χ4v) is 2.56. The number of carbonyl (C=O) groups is 1. The zero-order valence-electron chi connectivity index (χ0n) is 14.6. The van der Waals surface area contributed by atoms with E-state index in [1.165, 1.54) is 16.9 Å². The summed E-state index contributed by atoms with van der Waals surface area (Å²) >= 11 is 0. The molecule has 0 saturated heterocycles. The maximum atomic E-state index is 12.4. The first kappa shape index (κ1) is 17.4. The SMILES string of the molecule is Cc1c(C(=O)NCCN(C)c2ccccc2)cnn1-c1ccc(=O)[nH]n1. The van der Waals surface area contributed by atoms with Gasteiger partial charge in [-0.3, -0.25) is 9.59 Å². The van der Waals surface area contributed by atoms with Crippen LogP contribution in [0.3, 0.4) is 0 Å². The van der Waals surface area contributed by atoms with Gasteiger partial charge < -0.3 is 10.2 Å². The minimum absolute atomic E-state index is 0.195. The Balaban J connectivity index is 1.62. The largest absolute Gasteiger partial charge is 0.373 e. The van der Waals surface area contributed by atoms with Crippen molar-refractivity contribution in [3.05, 3.63) is 70.3 Å². The molecule has 134 valence electrons. The number of hydrogen-bond acceptors (Lipinski definition) is 5. The summed E-state index contributed by atoms with van der Waals surface area (Å²) in [6.45, 7) is 2.97. The summed E-state index contributed by atoms with van der Waals surface area (Å²) in [7, 11) is 1.98. The van der Waals surface area contributed by atoms with Gasteiger partial charge in [0.25, 0.3) is 11.5 Å². The Kier molecular flexibility index (Phi) is 5.12. The third kappa shape index (κ3) is 3.80. The highest BCUT2D eigenvalue weighted by molar-refractivity contribution is 5.95. The second-order valence-electron chi connectivity index (χ2n) is 5.85. The van der Waals surface area contributed by atoms with Crippen molar-refractivity contribution < 1.29 is 4.79 Å². The maximum absolute atomic E-state index is 12.4. The summed E-state index contributed by atoms with van der Waals surface area (Å²) in [5.74, 6) is 0.254. The molecule has 0 unspecified atom stereocenters. The molecule has 2 heterocycles. The van der Waals surface area contributed by atoms with Gasteiger partial charge in [0.1, 0.15) is 0 Å². The molecule has 0 aliphatic heterocycles. The standard InChI is InChI=1S/C18H20N6O2/c1-13-15(12-20-24(13)16-8-9-17(25)22-21-16)18(26)19-10-11-23(2)14-6-4-3-5-7-14/h3-9,12H,10-11H2,1-2H3,(H,19,26)(H,22,25). The Bertz CT molecular complexity index is 927. The van der Waals surface area contributed by atoms with Crippen LogP contribution < -0.4 is 15.8 Å². The molecule has 0 fully saturated rings. The predicted octanol–water partition coefficient (Wildman–Crippen LogP) is 1.13. The van der Waals surface area contributed by atoms with Crippen molar-refractivity contribution in [3.63, 3.8) is 0 Å². The molecule has 1 amide bonds. The second kappa shape index (κ2) is 7.64. The summed E-state index contributed by atoms with van der Waals surface area (Å²) in [4.78, 5) is 25.6. The maximum Gasteiger partial charge on any atom is 0.264 e. The van der Waals surface area contributed by atoms with Crippen molar-refractivity contribution in [1.82, 2.24) is 25.3 Å². The average Bonchev–Trinajstić information content (AvgIpc) is 3.04. The van der Waals surface area contributed by atoms with E-state index in [1.807, 2.05) is 37.4 Å². The molecule has 1 aromatic carbocycles. The number of rotatable bonds is 6. The molecule has 3 rings (SSSR count). The van der Waals surface area contributed by atoms with Gasteiger partial charge in [-0.15, -0.1) is 0 Å². The highest BCUT2D eigenvalue weighted by atomic mass is 16.1. The van der Waals surface area contributed by atoms with E-state index in [0.717, 1.165) is 5.69 Å². The molecule has 2 N–H and O–H groups in total. The Morgan fingerprint density at radius 2 is 2.00 bits per heavy atom. The van der Waals surface area contributed by atoms with Gasteiger partial charge in [0.05, 0.1) is 17.5 Å². The van der Waals surface area contributed by atoms with Crippen LogP contribution in [-0.2, 0) is 0 Å². The average molecular weight is 352 g/mol. The van der Waals surface area contributed by atoms with Gasteiger partial charge in [0, 0.05) is 31.9 Å². The van der Waals surface area contributed by atoms with Gasteiger partial charge in [-0.1, -0.05) is 18.2 Å². The van der Waals surface area contributed by atoms with Crippen molar-refractivity contribution >= 4 is 11.6 Å². The summed E-state index contributed by atoms with van der Waals surface area (Å²) in [6, 6.07) is 12.9. The minimum atomic E-state index is -0.293. The lowest BCUT2D eigenvalue weighted by molar-refractivity contribution is 0.0954. The number of H-pyrrole nitrogens is 1. The lowest BCUT2D eigenvalue weighted by Gasteiger charge is -2.19. The minimum Gasteiger partial charge on any atom is -0.373 e. The molecular weight excluding hydrogens is 332 g/mol. The lowest BCUT2D eigenvalue weighted by atomic mass is 10.2. The van der Waals surface area contributed by atoms with E-state index in [-0.39, 0.29) is 11.5 Å². The van der Waals surface area contributed by atoms with E-state index in [4.69, 9.17) is 0 Å². The number of carbonyl (C=O) groups excluding carboxylic acids is 1. The first-order chi connectivity index (χ1) is 12.6. The molecule has 0 atom stereocenters. The van der Waals surface area contributed by atoms with Crippen LogP contribution in [0.15, 0.2) is 53.5 Å². The van der Waals surface area contributed by atoms with Crippen LogP contribution in [0.5, 0.6) is 0 Å².